The van der Waals surface area contributed by atoms with Gasteiger partial charge in [-0.15, -0.1) is 0 Å². The van der Waals surface area contributed by atoms with Crippen LogP contribution in [0.1, 0.15) is 19.3 Å². The molecule has 0 aromatic rings. The van der Waals surface area contributed by atoms with Gasteiger partial charge in [0.1, 0.15) is 5.78 Å². The third-order valence-electron chi connectivity index (χ3n) is 3.68. The summed E-state index contributed by atoms with van der Waals surface area (Å²) in [7, 11) is -1.04. The van der Waals surface area contributed by atoms with Gasteiger partial charge in [0.15, 0.2) is 0 Å². The molecule has 0 radical (unpaired) electrons. The summed E-state index contributed by atoms with van der Waals surface area (Å²) in [6.45, 7) is 7.23. The van der Waals surface area contributed by atoms with Crippen LogP contribution in [0.25, 0.3) is 0 Å². The van der Waals surface area contributed by atoms with Gasteiger partial charge in [0.25, 0.3) is 0 Å². The van der Waals surface area contributed by atoms with Crippen LogP contribution in [0.2, 0.25) is 25.2 Å². The fraction of sp³-hybridized carbons (Fsp3) is 0.900. The zero-order chi connectivity index (χ0) is 8.93. The van der Waals surface area contributed by atoms with E-state index in [0.29, 0.717) is 11.7 Å². The Morgan fingerprint density at radius 2 is 1.92 bits per heavy atom. The number of ketones is 1. The molecule has 2 fully saturated rings. The molecule has 0 N–H and O–H groups in total. The van der Waals surface area contributed by atoms with E-state index in [1.54, 1.807) is 0 Å². The van der Waals surface area contributed by atoms with Crippen LogP contribution in [-0.4, -0.2) is 13.9 Å². The van der Waals surface area contributed by atoms with E-state index < -0.39 is 8.07 Å². The van der Waals surface area contributed by atoms with Gasteiger partial charge in [0, 0.05) is 20.4 Å². The number of fused-ring (bicyclic) bond motifs is 2. The number of hydrogen-bond donors (Lipinski definition) is 0. The van der Waals surface area contributed by atoms with Gasteiger partial charge in [-0.1, -0.05) is 19.6 Å². The Hall–Kier alpha value is -0.113. The molecule has 0 aromatic heterocycles. The summed E-state index contributed by atoms with van der Waals surface area (Å²) in [4.78, 5) is 11.5. The molecule has 3 atom stereocenters. The third-order valence-corrected chi connectivity index (χ3v) is 6.54. The monoisotopic (exact) mass is 182 g/mol. The van der Waals surface area contributed by atoms with Crippen molar-refractivity contribution in [1.82, 2.24) is 0 Å². The molecular formula is C10H18OSi. The predicted octanol–water partition coefficient (Wildman–Crippen LogP) is 2.69. The van der Waals surface area contributed by atoms with Crippen LogP contribution < -0.4 is 0 Å². The molecule has 2 bridgehead atoms. The van der Waals surface area contributed by atoms with Crippen molar-refractivity contribution in [3.05, 3.63) is 0 Å². The second kappa shape index (κ2) is 2.44. The maximum absolute atomic E-state index is 11.5. The molecule has 0 amide bonds. The molecule has 0 aliphatic heterocycles. The van der Waals surface area contributed by atoms with E-state index in [1.807, 2.05) is 0 Å². The van der Waals surface area contributed by atoms with Gasteiger partial charge in [-0.2, -0.15) is 0 Å². The number of carbonyl (C=O) groups excluding carboxylic acids is 1. The van der Waals surface area contributed by atoms with Crippen LogP contribution >= 0.6 is 0 Å². The Labute approximate surface area is 75.6 Å². The average molecular weight is 182 g/mol. The largest absolute Gasteiger partial charge is 0.299 e. The van der Waals surface area contributed by atoms with Gasteiger partial charge in [0.2, 0.25) is 0 Å². The number of hydrogen-bond acceptors (Lipinski definition) is 1. The summed E-state index contributed by atoms with van der Waals surface area (Å²) < 4.78 is 0. The normalized spacial score (nSPS) is 40.9. The van der Waals surface area contributed by atoms with Gasteiger partial charge in [-0.3, -0.25) is 4.79 Å². The second-order valence-electron chi connectivity index (χ2n) is 5.59. The quantitative estimate of drug-likeness (QED) is 0.570. The van der Waals surface area contributed by atoms with Crippen molar-refractivity contribution >= 4 is 13.9 Å². The Kier molecular flexibility index (Phi) is 1.72. The standard InChI is InChI=1S/C10H18OSi/c1-12(2,3)10-6-7-4-8(10)9(11)5-7/h7-8,10H,4-6H2,1-3H3. The number of carbonyl (C=O) groups is 1. The summed E-state index contributed by atoms with van der Waals surface area (Å²) in [6.07, 6.45) is 3.51. The summed E-state index contributed by atoms with van der Waals surface area (Å²) in [5.74, 6) is 1.85. The van der Waals surface area contributed by atoms with Crippen LogP contribution in [0, 0.1) is 11.8 Å². The molecule has 2 saturated carbocycles. The summed E-state index contributed by atoms with van der Waals surface area (Å²) in [5, 5.41) is 0. The Morgan fingerprint density at radius 3 is 2.25 bits per heavy atom. The smallest absolute Gasteiger partial charge is 0.136 e. The van der Waals surface area contributed by atoms with E-state index in [1.165, 1.54) is 12.8 Å². The van der Waals surface area contributed by atoms with Crippen molar-refractivity contribution in [3.8, 4) is 0 Å². The third kappa shape index (κ3) is 1.17. The van der Waals surface area contributed by atoms with Crippen LogP contribution in [-0.2, 0) is 4.79 Å². The summed E-state index contributed by atoms with van der Waals surface area (Å²) in [5.41, 5.74) is 0.809. The highest BCUT2D eigenvalue weighted by Gasteiger charge is 2.49. The lowest BCUT2D eigenvalue weighted by Crippen LogP contribution is -2.34. The lowest BCUT2D eigenvalue weighted by Gasteiger charge is -2.31. The van der Waals surface area contributed by atoms with Crippen LogP contribution in [0.5, 0.6) is 0 Å². The Balaban J connectivity index is 2.17. The lowest BCUT2D eigenvalue weighted by atomic mass is 9.99. The van der Waals surface area contributed by atoms with E-state index in [2.05, 4.69) is 19.6 Å². The maximum atomic E-state index is 11.5. The van der Waals surface area contributed by atoms with Crippen molar-refractivity contribution in [3.63, 3.8) is 0 Å². The SMILES string of the molecule is C[Si](C)(C)C1CC2CC(=O)C1C2. The molecule has 2 rings (SSSR count). The Morgan fingerprint density at radius 1 is 1.25 bits per heavy atom. The number of Topliss-reactive ketones (excluding diaryl/α,β-unsaturated/α-hetero) is 1. The number of rotatable bonds is 1. The van der Waals surface area contributed by atoms with E-state index in [4.69, 9.17) is 0 Å². The van der Waals surface area contributed by atoms with E-state index in [0.717, 1.165) is 17.9 Å². The van der Waals surface area contributed by atoms with E-state index >= 15 is 0 Å². The minimum Gasteiger partial charge on any atom is -0.299 e. The molecule has 1 nitrogen and oxygen atoms in total. The lowest BCUT2D eigenvalue weighted by molar-refractivity contribution is -0.121. The zero-order valence-corrected chi connectivity index (χ0v) is 9.26. The maximum Gasteiger partial charge on any atom is 0.136 e. The minimum absolute atomic E-state index is 0.488. The molecule has 2 heteroatoms. The summed E-state index contributed by atoms with van der Waals surface area (Å²) >= 11 is 0. The Bertz CT molecular complexity index is 216. The molecule has 0 saturated heterocycles. The fourth-order valence-electron chi connectivity index (χ4n) is 3.06. The van der Waals surface area contributed by atoms with Crippen LogP contribution in [0.15, 0.2) is 0 Å². The topological polar surface area (TPSA) is 17.1 Å². The molecule has 0 heterocycles. The van der Waals surface area contributed by atoms with E-state index in [9.17, 15) is 4.79 Å². The molecule has 0 aromatic carbocycles. The first kappa shape index (κ1) is 8.48. The second-order valence-corrected chi connectivity index (χ2v) is 11.1. The van der Waals surface area contributed by atoms with Crippen molar-refractivity contribution in [2.24, 2.45) is 11.8 Å². The van der Waals surface area contributed by atoms with Crippen molar-refractivity contribution in [2.45, 2.75) is 44.4 Å². The van der Waals surface area contributed by atoms with Gasteiger partial charge >= 0.3 is 0 Å². The van der Waals surface area contributed by atoms with E-state index in [-0.39, 0.29) is 0 Å². The summed E-state index contributed by atoms with van der Waals surface area (Å²) in [6, 6.07) is 0. The van der Waals surface area contributed by atoms with Crippen LogP contribution in [0.4, 0.5) is 0 Å². The van der Waals surface area contributed by atoms with Gasteiger partial charge in [0.05, 0.1) is 0 Å². The first-order valence-corrected chi connectivity index (χ1v) is 8.59. The average Bonchev–Trinajstić information content (AvgIpc) is 2.41. The first-order chi connectivity index (χ1) is 5.48. The van der Waals surface area contributed by atoms with Gasteiger partial charge in [-0.05, 0) is 24.3 Å². The molecular weight excluding hydrogens is 164 g/mol. The molecule has 0 spiro atoms. The van der Waals surface area contributed by atoms with Crippen LogP contribution in [0.3, 0.4) is 0 Å². The highest BCUT2D eigenvalue weighted by molar-refractivity contribution is 6.77. The highest BCUT2D eigenvalue weighted by Crippen LogP contribution is 2.53. The van der Waals surface area contributed by atoms with Crippen molar-refractivity contribution in [1.29, 1.82) is 0 Å². The highest BCUT2D eigenvalue weighted by atomic mass is 28.3. The molecule has 3 unspecified atom stereocenters. The molecule has 2 aliphatic rings. The predicted molar refractivity (Wildman–Crippen MR) is 52.9 cm³/mol. The van der Waals surface area contributed by atoms with Crippen molar-refractivity contribution in [2.75, 3.05) is 0 Å². The zero-order valence-electron chi connectivity index (χ0n) is 8.26. The molecule has 2 aliphatic carbocycles. The van der Waals surface area contributed by atoms with Gasteiger partial charge in [-0.25, -0.2) is 0 Å². The fourth-order valence-corrected chi connectivity index (χ4v) is 5.63. The van der Waals surface area contributed by atoms with Gasteiger partial charge < -0.3 is 0 Å². The molecule has 12 heavy (non-hydrogen) atoms. The minimum atomic E-state index is -1.04. The first-order valence-electron chi connectivity index (χ1n) is 5.01. The molecule has 68 valence electrons. The van der Waals surface area contributed by atoms with Crippen molar-refractivity contribution < 1.29 is 4.79 Å².